The van der Waals surface area contributed by atoms with Crippen LogP contribution in [0.5, 0.6) is 0 Å². The van der Waals surface area contributed by atoms with Gasteiger partial charge in [0.2, 0.25) is 0 Å². The molecule has 0 saturated heterocycles. The lowest BCUT2D eigenvalue weighted by atomic mass is 10.1. The molecule has 0 heterocycles. The van der Waals surface area contributed by atoms with E-state index in [9.17, 15) is 9.18 Å². The summed E-state index contributed by atoms with van der Waals surface area (Å²) in [6.07, 6.45) is 0.289. The number of ketones is 1. The molecule has 98 valence electrons. The number of nitrogen functional groups attached to an aromatic ring is 1. The van der Waals surface area contributed by atoms with Gasteiger partial charge in [-0.1, -0.05) is 24.3 Å². The monoisotopic (exact) mass is 258 g/mol. The van der Waals surface area contributed by atoms with Crippen molar-refractivity contribution in [2.24, 2.45) is 0 Å². The third kappa shape index (κ3) is 3.55. The molecule has 0 aliphatic rings. The summed E-state index contributed by atoms with van der Waals surface area (Å²) in [6.45, 7) is 0.383. The largest absolute Gasteiger partial charge is 0.399 e. The number of hydrogen-bond acceptors (Lipinski definition) is 3. The Bertz CT molecular complexity index is 584. The number of rotatable bonds is 5. The van der Waals surface area contributed by atoms with Crippen LogP contribution in [0, 0.1) is 5.82 Å². The van der Waals surface area contributed by atoms with Crippen molar-refractivity contribution in [1.29, 1.82) is 0 Å². The van der Waals surface area contributed by atoms with E-state index in [-0.39, 0.29) is 18.0 Å². The first kappa shape index (κ1) is 13.1. The Balaban J connectivity index is 1.90. The van der Waals surface area contributed by atoms with Crippen LogP contribution in [-0.4, -0.2) is 12.3 Å². The molecule has 2 rings (SSSR count). The summed E-state index contributed by atoms with van der Waals surface area (Å²) < 4.78 is 13.3. The van der Waals surface area contributed by atoms with Crippen LogP contribution in [0.25, 0.3) is 0 Å². The van der Waals surface area contributed by atoms with Gasteiger partial charge >= 0.3 is 0 Å². The van der Waals surface area contributed by atoms with Gasteiger partial charge < -0.3 is 11.1 Å². The number of Topliss-reactive ketones (excluding diaryl/α,β-unsaturated/α-hetero) is 1. The third-order valence-electron chi connectivity index (χ3n) is 2.75. The van der Waals surface area contributed by atoms with E-state index in [1.807, 2.05) is 0 Å². The van der Waals surface area contributed by atoms with E-state index >= 15 is 0 Å². The molecule has 2 aromatic carbocycles. The molecule has 0 spiro atoms. The molecule has 0 aromatic heterocycles. The van der Waals surface area contributed by atoms with Crippen LogP contribution in [0.4, 0.5) is 15.8 Å². The van der Waals surface area contributed by atoms with Crippen LogP contribution in [0.15, 0.2) is 48.5 Å². The van der Waals surface area contributed by atoms with Crippen LogP contribution < -0.4 is 11.1 Å². The highest BCUT2D eigenvalue weighted by atomic mass is 19.1. The molecule has 0 saturated carbocycles. The molecular weight excluding hydrogens is 243 g/mol. The van der Waals surface area contributed by atoms with Crippen molar-refractivity contribution in [3.63, 3.8) is 0 Å². The first-order valence-electron chi connectivity index (χ1n) is 6.04. The first-order chi connectivity index (χ1) is 9.16. The Hall–Kier alpha value is -2.36. The predicted molar refractivity (Wildman–Crippen MR) is 74.7 cm³/mol. The quantitative estimate of drug-likeness (QED) is 0.640. The van der Waals surface area contributed by atoms with Crippen molar-refractivity contribution in [3.05, 3.63) is 59.9 Å². The lowest BCUT2D eigenvalue weighted by molar-refractivity contribution is 0.0986. The van der Waals surface area contributed by atoms with Gasteiger partial charge in [0.15, 0.2) is 5.78 Å². The van der Waals surface area contributed by atoms with Gasteiger partial charge in [0, 0.05) is 24.2 Å². The van der Waals surface area contributed by atoms with Gasteiger partial charge in [-0.15, -0.1) is 0 Å². The van der Waals surface area contributed by atoms with Crippen molar-refractivity contribution in [3.8, 4) is 0 Å². The van der Waals surface area contributed by atoms with Gasteiger partial charge in [0.1, 0.15) is 5.82 Å². The lowest BCUT2D eigenvalue weighted by Gasteiger charge is -2.07. The zero-order valence-corrected chi connectivity index (χ0v) is 10.4. The second kappa shape index (κ2) is 6.00. The third-order valence-corrected chi connectivity index (χ3v) is 2.75. The van der Waals surface area contributed by atoms with E-state index in [1.165, 1.54) is 6.07 Å². The summed E-state index contributed by atoms with van der Waals surface area (Å²) in [5.41, 5.74) is 7.17. The van der Waals surface area contributed by atoms with Gasteiger partial charge in [-0.25, -0.2) is 4.39 Å². The van der Waals surface area contributed by atoms with Crippen LogP contribution in [0.3, 0.4) is 0 Å². The van der Waals surface area contributed by atoms with Crippen LogP contribution in [0.1, 0.15) is 16.8 Å². The van der Waals surface area contributed by atoms with E-state index in [2.05, 4.69) is 5.32 Å². The number of para-hydroxylation sites is 1. The first-order valence-corrected chi connectivity index (χ1v) is 6.04. The summed E-state index contributed by atoms with van der Waals surface area (Å²) in [6, 6.07) is 13.2. The molecule has 0 aliphatic heterocycles. The highest BCUT2D eigenvalue weighted by Crippen LogP contribution is 2.13. The topological polar surface area (TPSA) is 55.1 Å². The summed E-state index contributed by atoms with van der Waals surface area (Å²) in [4.78, 5) is 11.9. The summed E-state index contributed by atoms with van der Waals surface area (Å²) in [5, 5.41) is 2.90. The molecule has 3 nitrogen and oxygen atoms in total. The highest BCUT2D eigenvalue weighted by Gasteiger charge is 2.06. The van der Waals surface area contributed by atoms with E-state index in [0.717, 1.165) is 0 Å². The highest BCUT2D eigenvalue weighted by molar-refractivity contribution is 5.97. The minimum Gasteiger partial charge on any atom is -0.399 e. The number of benzene rings is 2. The zero-order valence-electron chi connectivity index (χ0n) is 10.4. The number of halogens is 1. The molecule has 0 aliphatic carbocycles. The Kier molecular flexibility index (Phi) is 4.13. The zero-order chi connectivity index (χ0) is 13.7. The Labute approximate surface area is 111 Å². The molecule has 0 radical (unpaired) electrons. The minimum atomic E-state index is -0.320. The van der Waals surface area contributed by atoms with Crippen LogP contribution >= 0.6 is 0 Å². The number of hydrogen-bond donors (Lipinski definition) is 2. The summed E-state index contributed by atoms with van der Waals surface area (Å²) in [7, 11) is 0. The normalized spacial score (nSPS) is 10.2. The molecule has 0 bridgehead atoms. The summed E-state index contributed by atoms with van der Waals surface area (Å²) in [5.74, 6) is -0.338. The summed E-state index contributed by atoms with van der Waals surface area (Å²) >= 11 is 0. The van der Waals surface area contributed by atoms with Crippen LogP contribution in [-0.2, 0) is 0 Å². The van der Waals surface area contributed by atoms with Crippen molar-refractivity contribution < 1.29 is 9.18 Å². The van der Waals surface area contributed by atoms with Gasteiger partial charge in [-0.05, 0) is 24.3 Å². The Morgan fingerprint density at radius 2 is 1.95 bits per heavy atom. The Morgan fingerprint density at radius 3 is 2.68 bits per heavy atom. The van der Waals surface area contributed by atoms with E-state index in [0.29, 0.717) is 23.5 Å². The molecule has 3 N–H and O–H groups in total. The van der Waals surface area contributed by atoms with Crippen molar-refractivity contribution in [2.75, 3.05) is 17.6 Å². The molecular formula is C15H15FN2O. The maximum atomic E-state index is 13.3. The number of anilines is 2. The second-order valence-corrected chi connectivity index (χ2v) is 4.21. The molecule has 2 aromatic rings. The van der Waals surface area contributed by atoms with Gasteiger partial charge in [0.25, 0.3) is 0 Å². The number of nitrogens with two attached hydrogens (primary N) is 1. The SMILES string of the molecule is Nc1cccc(C(=O)CCNc2ccccc2F)c1. The number of carbonyl (C=O) groups excluding carboxylic acids is 1. The van der Waals surface area contributed by atoms with E-state index in [4.69, 9.17) is 5.73 Å². The van der Waals surface area contributed by atoms with E-state index in [1.54, 1.807) is 42.5 Å². The maximum Gasteiger partial charge on any atom is 0.164 e. The fraction of sp³-hybridized carbons (Fsp3) is 0.133. The van der Waals surface area contributed by atoms with Gasteiger partial charge in [-0.3, -0.25) is 4.79 Å². The fourth-order valence-corrected chi connectivity index (χ4v) is 1.77. The average molecular weight is 258 g/mol. The lowest BCUT2D eigenvalue weighted by Crippen LogP contribution is -2.10. The van der Waals surface area contributed by atoms with Crippen molar-refractivity contribution >= 4 is 17.2 Å². The fourth-order valence-electron chi connectivity index (χ4n) is 1.77. The molecule has 0 amide bonds. The van der Waals surface area contributed by atoms with E-state index < -0.39 is 0 Å². The molecule has 0 unspecified atom stereocenters. The van der Waals surface area contributed by atoms with Gasteiger partial charge in [-0.2, -0.15) is 0 Å². The maximum absolute atomic E-state index is 13.3. The molecule has 0 fully saturated rings. The number of nitrogens with one attached hydrogen (secondary N) is 1. The minimum absolute atomic E-state index is 0.0175. The van der Waals surface area contributed by atoms with Gasteiger partial charge in [0.05, 0.1) is 5.69 Å². The Morgan fingerprint density at radius 1 is 1.16 bits per heavy atom. The predicted octanol–water partition coefficient (Wildman–Crippen LogP) is 3.09. The van der Waals surface area contributed by atoms with Crippen molar-refractivity contribution in [2.45, 2.75) is 6.42 Å². The number of carbonyl (C=O) groups is 1. The van der Waals surface area contributed by atoms with Crippen molar-refractivity contribution in [1.82, 2.24) is 0 Å². The second-order valence-electron chi connectivity index (χ2n) is 4.21. The van der Waals surface area contributed by atoms with Crippen LogP contribution in [0.2, 0.25) is 0 Å². The standard InChI is InChI=1S/C15H15FN2O/c16-13-6-1-2-7-14(13)18-9-8-15(19)11-4-3-5-12(17)10-11/h1-7,10,18H,8-9,17H2. The molecule has 4 heteroatoms. The molecule has 19 heavy (non-hydrogen) atoms. The molecule has 0 atom stereocenters. The smallest absolute Gasteiger partial charge is 0.164 e. The average Bonchev–Trinajstić information content (AvgIpc) is 2.41.